The van der Waals surface area contributed by atoms with Gasteiger partial charge in [0, 0.05) is 23.8 Å². The molecule has 106 valence electrons. The zero-order valence-electron chi connectivity index (χ0n) is 11.6. The first kappa shape index (κ1) is 14.8. The van der Waals surface area contributed by atoms with Gasteiger partial charge in [-0.2, -0.15) is 0 Å². The SMILES string of the molecule is CC(C)NCc1cncc(OCc2cccc(Cl)c2)n1. The van der Waals surface area contributed by atoms with Crippen molar-refractivity contribution in [2.45, 2.75) is 33.0 Å². The number of rotatable bonds is 6. The number of nitrogens with zero attached hydrogens (tertiary/aromatic N) is 2. The highest BCUT2D eigenvalue weighted by atomic mass is 35.5. The van der Waals surface area contributed by atoms with Crippen molar-refractivity contribution in [2.24, 2.45) is 0 Å². The number of aromatic nitrogens is 2. The molecule has 2 aromatic rings. The Hall–Kier alpha value is -1.65. The molecule has 0 bridgehead atoms. The fourth-order valence-corrected chi connectivity index (χ4v) is 1.85. The van der Waals surface area contributed by atoms with E-state index in [9.17, 15) is 0 Å². The molecule has 20 heavy (non-hydrogen) atoms. The van der Waals surface area contributed by atoms with Gasteiger partial charge < -0.3 is 10.1 Å². The van der Waals surface area contributed by atoms with E-state index in [0.29, 0.717) is 30.1 Å². The van der Waals surface area contributed by atoms with Crippen molar-refractivity contribution in [1.29, 1.82) is 0 Å². The highest BCUT2D eigenvalue weighted by Gasteiger charge is 2.02. The van der Waals surface area contributed by atoms with Gasteiger partial charge in [0.15, 0.2) is 0 Å². The summed E-state index contributed by atoms with van der Waals surface area (Å²) in [5.41, 5.74) is 1.87. The third-order valence-corrected chi connectivity index (χ3v) is 2.86. The lowest BCUT2D eigenvalue weighted by atomic mass is 10.2. The average molecular weight is 292 g/mol. The molecule has 5 heteroatoms. The zero-order valence-corrected chi connectivity index (χ0v) is 12.4. The largest absolute Gasteiger partial charge is 0.472 e. The van der Waals surface area contributed by atoms with Gasteiger partial charge in [0.05, 0.1) is 11.9 Å². The fraction of sp³-hybridized carbons (Fsp3) is 0.333. The van der Waals surface area contributed by atoms with Crippen molar-refractivity contribution in [3.63, 3.8) is 0 Å². The van der Waals surface area contributed by atoms with Gasteiger partial charge in [-0.25, -0.2) is 4.98 Å². The second-order valence-electron chi connectivity index (χ2n) is 4.80. The first-order valence-corrected chi connectivity index (χ1v) is 6.93. The minimum atomic E-state index is 0.410. The Morgan fingerprint density at radius 3 is 2.90 bits per heavy atom. The summed E-state index contributed by atoms with van der Waals surface area (Å²) < 4.78 is 5.63. The van der Waals surface area contributed by atoms with Crippen LogP contribution in [0, 0.1) is 0 Å². The number of ether oxygens (including phenoxy) is 1. The minimum Gasteiger partial charge on any atom is -0.472 e. The predicted molar refractivity (Wildman–Crippen MR) is 79.8 cm³/mol. The molecule has 0 aliphatic rings. The zero-order chi connectivity index (χ0) is 14.4. The van der Waals surface area contributed by atoms with Crippen LogP contribution in [0.1, 0.15) is 25.1 Å². The molecule has 0 amide bonds. The second kappa shape index (κ2) is 7.22. The van der Waals surface area contributed by atoms with Crippen LogP contribution in [0.25, 0.3) is 0 Å². The van der Waals surface area contributed by atoms with Gasteiger partial charge in [0.1, 0.15) is 6.61 Å². The average Bonchev–Trinajstić information content (AvgIpc) is 2.43. The lowest BCUT2D eigenvalue weighted by molar-refractivity contribution is 0.291. The first-order valence-electron chi connectivity index (χ1n) is 6.55. The number of benzene rings is 1. The van der Waals surface area contributed by atoms with Gasteiger partial charge in [0.2, 0.25) is 5.88 Å². The molecule has 0 fully saturated rings. The smallest absolute Gasteiger partial charge is 0.232 e. The van der Waals surface area contributed by atoms with E-state index in [0.717, 1.165) is 11.3 Å². The normalized spacial score (nSPS) is 10.8. The van der Waals surface area contributed by atoms with E-state index in [-0.39, 0.29) is 0 Å². The molecule has 1 N–H and O–H groups in total. The maximum Gasteiger partial charge on any atom is 0.232 e. The van der Waals surface area contributed by atoms with E-state index < -0.39 is 0 Å². The highest BCUT2D eigenvalue weighted by Crippen LogP contribution is 2.13. The van der Waals surface area contributed by atoms with Crippen molar-refractivity contribution >= 4 is 11.6 Å². The van der Waals surface area contributed by atoms with E-state index in [1.54, 1.807) is 12.4 Å². The molecule has 0 atom stereocenters. The Morgan fingerprint density at radius 1 is 1.30 bits per heavy atom. The molecule has 1 aromatic heterocycles. The Kier molecular flexibility index (Phi) is 5.32. The van der Waals surface area contributed by atoms with Crippen LogP contribution in [0.3, 0.4) is 0 Å². The maximum atomic E-state index is 5.93. The molecule has 0 aliphatic carbocycles. The van der Waals surface area contributed by atoms with Crippen molar-refractivity contribution < 1.29 is 4.74 Å². The molecule has 0 spiro atoms. The summed E-state index contributed by atoms with van der Waals surface area (Å²) in [6.45, 7) is 5.29. The van der Waals surface area contributed by atoms with Gasteiger partial charge in [-0.3, -0.25) is 4.98 Å². The molecule has 1 heterocycles. The van der Waals surface area contributed by atoms with E-state index in [4.69, 9.17) is 16.3 Å². The number of hydrogen-bond donors (Lipinski definition) is 1. The molecule has 1 aromatic carbocycles. The van der Waals surface area contributed by atoms with Crippen LogP contribution >= 0.6 is 11.6 Å². The molecule has 0 unspecified atom stereocenters. The summed E-state index contributed by atoms with van der Waals surface area (Å²) in [5.74, 6) is 0.521. The topological polar surface area (TPSA) is 47.0 Å². The number of nitrogens with one attached hydrogen (secondary N) is 1. The standard InChI is InChI=1S/C15H18ClN3O/c1-11(2)18-8-14-7-17-9-15(19-14)20-10-12-4-3-5-13(16)6-12/h3-7,9,11,18H,8,10H2,1-2H3. The van der Waals surface area contributed by atoms with Crippen LogP contribution in [0.4, 0.5) is 0 Å². The van der Waals surface area contributed by atoms with Gasteiger partial charge in [-0.05, 0) is 17.7 Å². The van der Waals surface area contributed by atoms with Gasteiger partial charge >= 0.3 is 0 Å². The molecular weight excluding hydrogens is 274 g/mol. The third kappa shape index (κ3) is 4.79. The molecule has 0 radical (unpaired) electrons. The lowest BCUT2D eigenvalue weighted by Gasteiger charge is -2.09. The summed E-state index contributed by atoms with van der Waals surface area (Å²) in [7, 11) is 0. The Balaban J connectivity index is 1.94. The van der Waals surface area contributed by atoms with Crippen LogP contribution in [0.15, 0.2) is 36.7 Å². The van der Waals surface area contributed by atoms with E-state index in [1.807, 2.05) is 24.3 Å². The first-order chi connectivity index (χ1) is 9.63. The summed E-state index contributed by atoms with van der Waals surface area (Å²) in [6, 6.07) is 7.98. The van der Waals surface area contributed by atoms with Crippen LogP contribution < -0.4 is 10.1 Å². The molecule has 0 saturated heterocycles. The monoisotopic (exact) mass is 291 g/mol. The maximum absolute atomic E-state index is 5.93. The third-order valence-electron chi connectivity index (χ3n) is 2.63. The number of hydrogen-bond acceptors (Lipinski definition) is 4. The molecular formula is C15H18ClN3O. The molecule has 4 nitrogen and oxygen atoms in total. The van der Waals surface area contributed by atoms with Crippen molar-refractivity contribution in [3.05, 3.63) is 52.9 Å². The Morgan fingerprint density at radius 2 is 2.15 bits per heavy atom. The Bertz CT molecular complexity index is 560. The molecule has 0 saturated carbocycles. The summed E-state index contributed by atoms with van der Waals surface area (Å²) in [6.07, 6.45) is 3.35. The van der Waals surface area contributed by atoms with Crippen LogP contribution in [0.5, 0.6) is 5.88 Å². The predicted octanol–water partition coefficient (Wildman–Crippen LogP) is 3.21. The van der Waals surface area contributed by atoms with Crippen LogP contribution in [0.2, 0.25) is 5.02 Å². The fourth-order valence-electron chi connectivity index (χ4n) is 1.63. The number of halogens is 1. The van der Waals surface area contributed by atoms with E-state index >= 15 is 0 Å². The second-order valence-corrected chi connectivity index (χ2v) is 5.24. The van der Waals surface area contributed by atoms with Gasteiger partial charge in [0.25, 0.3) is 0 Å². The quantitative estimate of drug-likeness (QED) is 0.888. The van der Waals surface area contributed by atoms with E-state index in [1.165, 1.54) is 0 Å². The minimum absolute atomic E-state index is 0.410. The summed E-state index contributed by atoms with van der Waals surface area (Å²) in [5, 5.41) is 4.00. The van der Waals surface area contributed by atoms with Crippen LogP contribution in [-0.4, -0.2) is 16.0 Å². The van der Waals surface area contributed by atoms with Gasteiger partial charge in [-0.1, -0.05) is 37.6 Å². The molecule has 2 rings (SSSR count). The van der Waals surface area contributed by atoms with Crippen molar-refractivity contribution in [3.8, 4) is 5.88 Å². The van der Waals surface area contributed by atoms with Crippen molar-refractivity contribution in [1.82, 2.24) is 15.3 Å². The summed E-state index contributed by atoms with van der Waals surface area (Å²) >= 11 is 5.93. The summed E-state index contributed by atoms with van der Waals surface area (Å²) in [4.78, 5) is 8.54. The van der Waals surface area contributed by atoms with E-state index in [2.05, 4.69) is 29.1 Å². The highest BCUT2D eigenvalue weighted by molar-refractivity contribution is 6.30. The Labute approximate surface area is 124 Å². The van der Waals surface area contributed by atoms with Crippen molar-refractivity contribution in [2.75, 3.05) is 0 Å². The molecule has 0 aliphatic heterocycles. The van der Waals surface area contributed by atoms with Gasteiger partial charge in [-0.15, -0.1) is 0 Å². The lowest BCUT2D eigenvalue weighted by Crippen LogP contribution is -2.22. The van der Waals surface area contributed by atoms with Crippen LogP contribution in [-0.2, 0) is 13.2 Å².